The molecule has 0 saturated carbocycles. The summed E-state index contributed by atoms with van der Waals surface area (Å²) in [6.07, 6.45) is 5.36. The number of amides is 1. The van der Waals surface area contributed by atoms with Crippen LogP contribution in [0.25, 0.3) is 0 Å². The van der Waals surface area contributed by atoms with Crippen LogP contribution in [0.4, 0.5) is 8.78 Å². The van der Waals surface area contributed by atoms with Crippen LogP contribution in [-0.2, 0) is 14.8 Å². The van der Waals surface area contributed by atoms with E-state index in [1.165, 1.54) is 16.5 Å². The lowest BCUT2D eigenvalue weighted by Gasteiger charge is -2.37. The Hall–Kier alpha value is -1.28. The smallest absolute Gasteiger partial charge is 0.255 e. The zero-order valence-corrected chi connectivity index (χ0v) is 13.6. The predicted octanol–water partition coefficient (Wildman–Crippen LogP) is 1.64. The topological polar surface area (TPSA) is 57.7 Å². The van der Waals surface area contributed by atoms with Crippen LogP contribution in [0.3, 0.4) is 0 Å². The summed E-state index contributed by atoms with van der Waals surface area (Å²) in [5, 5.41) is 0. The maximum atomic E-state index is 12.7. The number of carbonyl (C=O) groups excluding carboxylic acids is 1. The Morgan fingerprint density at radius 3 is 2.36 bits per heavy atom. The minimum Gasteiger partial charge on any atom is -0.330 e. The lowest BCUT2D eigenvalue weighted by Crippen LogP contribution is -2.49. The summed E-state index contributed by atoms with van der Waals surface area (Å²) in [6, 6.07) is -0.366. The number of sulfonamides is 1. The summed E-state index contributed by atoms with van der Waals surface area (Å²) in [4.78, 5) is 13.2. The van der Waals surface area contributed by atoms with Gasteiger partial charge >= 0.3 is 0 Å². The molecule has 5 nitrogen and oxygen atoms in total. The molecule has 0 N–H and O–H groups in total. The van der Waals surface area contributed by atoms with E-state index in [1.54, 1.807) is 19.1 Å². The number of carbonyl (C=O) groups is 1. The van der Waals surface area contributed by atoms with E-state index in [9.17, 15) is 22.0 Å². The molecule has 0 aliphatic carbocycles. The van der Waals surface area contributed by atoms with Crippen molar-refractivity contribution >= 4 is 15.9 Å². The van der Waals surface area contributed by atoms with Gasteiger partial charge in [0.15, 0.2) is 0 Å². The predicted molar refractivity (Wildman–Crippen MR) is 81.1 cm³/mol. The van der Waals surface area contributed by atoms with Crippen LogP contribution in [0.1, 0.15) is 19.8 Å². The molecule has 0 aromatic heterocycles. The minimum atomic E-state index is -3.28. The summed E-state index contributed by atoms with van der Waals surface area (Å²) < 4.78 is 49.7. The number of hydrogen-bond acceptors (Lipinski definition) is 3. The third kappa shape index (κ3) is 5.84. The first-order chi connectivity index (χ1) is 10.3. The van der Waals surface area contributed by atoms with Crippen molar-refractivity contribution in [2.75, 3.05) is 25.9 Å². The normalized spacial score (nSPS) is 18.6. The van der Waals surface area contributed by atoms with Crippen molar-refractivity contribution in [2.24, 2.45) is 0 Å². The van der Waals surface area contributed by atoms with E-state index in [0.29, 0.717) is 12.8 Å². The first kappa shape index (κ1) is 18.8. The van der Waals surface area contributed by atoms with Crippen LogP contribution in [-0.4, -0.2) is 61.9 Å². The molecule has 1 heterocycles. The highest BCUT2D eigenvalue weighted by Crippen LogP contribution is 2.20. The number of piperidine rings is 1. The van der Waals surface area contributed by atoms with Crippen molar-refractivity contribution < 1.29 is 22.0 Å². The van der Waals surface area contributed by atoms with Crippen molar-refractivity contribution in [3.05, 3.63) is 24.3 Å². The molecule has 0 atom stereocenters. The van der Waals surface area contributed by atoms with Crippen LogP contribution in [0, 0.1) is 0 Å². The lowest BCUT2D eigenvalue weighted by atomic mass is 10.0. The third-order valence-electron chi connectivity index (χ3n) is 3.49. The van der Waals surface area contributed by atoms with Crippen molar-refractivity contribution in [2.45, 2.75) is 32.2 Å². The minimum absolute atomic E-state index is 0.245. The van der Waals surface area contributed by atoms with Crippen LogP contribution < -0.4 is 0 Å². The van der Waals surface area contributed by atoms with Gasteiger partial charge in [0.1, 0.15) is 0 Å². The Balaban J connectivity index is 2.75. The molecule has 126 valence electrons. The average molecular weight is 336 g/mol. The molecule has 0 aromatic carbocycles. The molecule has 1 aliphatic heterocycles. The zero-order chi connectivity index (χ0) is 16.8. The molecule has 1 aliphatic rings. The molecule has 8 heteroatoms. The van der Waals surface area contributed by atoms with E-state index in [0.717, 1.165) is 11.2 Å². The highest BCUT2D eigenvalue weighted by Gasteiger charge is 2.31. The Labute approximate surface area is 130 Å². The summed E-state index contributed by atoms with van der Waals surface area (Å²) in [5.74, 6) is -0.476. The number of nitrogens with zero attached hydrogens (tertiary/aromatic N) is 2. The standard InChI is InChI=1S/C14H22F2N2O3S/c1-3-4-5-6-14(19)18(11-13(15)16)12-7-9-17(10-8-12)22(2,20)21/h3-6,12-13H,7-11H2,1-2H3/b4-3+,6-5-. The van der Waals surface area contributed by atoms with Crippen LogP contribution in [0.5, 0.6) is 0 Å². The highest BCUT2D eigenvalue weighted by atomic mass is 32.2. The lowest BCUT2D eigenvalue weighted by molar-refractivity contribution is -0.131. The number of alkyl halides is 2. The SMILES string of the molecule is C/C=C/C=C\C(=O)N(CC(F)F)C1CCN(S(C)(=O)=O)CC1. The molecule has 0 bridgehead atoms. The third-order valence-corrected chi connectivity index (χ3v) is 4.80. The molecule has 1 amide bonds. The monoisotopic (exact) mass is 336 g/mol. The Morgan fingerprint density at radius 1 is 1.32 bits per heavy atom. The largest absolute Gasteiger partial charge is 0.330 e. The zero-order valence-electron chi connectivity index (χ0n) is 12.8. The summed E-state index contributed by atoms with van der Waals surface area (Å²) in [7, 11) is -3.28. The summed E-state index contributed by atoms with van der Waals surface area (Å²) in [5.41, 5.74) is 0. The van der Waals surface area contributed by atoms with Crippen molar-refractivity contribution in [3.63, 3.8) is 0 Å². The fourth-order valence-corrected chi connectivity index (χ4v) is 3.27. The second kappa shape index (κ2) is 8.38. The van der Waals surface area contributed by atoms with Gasteiger partial charge in [-0.2, -0.15) is 0 Å². The Kier molecular flexibility index (Phi) is 7.15. The van der Waals surface area contributed by atoms with Gasteiger partial charge in [-0.15, -0.1) is 0 Å². The van der Waals surface area contributed by atoms with Crippen molar-refractivity contribution in [1.29, 1.82) is 0 Å². The van der Waals surface area contributed by atoms with Gasteiger partial charge in [-0.3, -0.25) is 4.79 Å². The first-order valence-corrected chi connectivity index (χ1v) is 8.93. The average Bonchev–Trinajstić information content (AvgIpc) is 2.44. The highest BCUT2D eigenvalue weighted by molar-refractivity contribution is 7.88. The fourth-order valence-electron chi connectivity index (χ4n) is 2.40. The van der Waals surface area contributed by atoms with Gasteiger partial charge in [0.2, 0.25) is 15.9 Å². The second-order valence-electron chi connectivity index (χ2n) is 5.16. The van der Waals surface area contributed by atoms with Gasteiger partial charge in [-0.1, -0.05) is 18.2 Å². The van der Waals surface area contributed by atoms with E-state index in [2.05, 4.69) is 0 Å². The molecular weight excluding hydrogens is 314 g/mol. The maximum absolute atomic E-state index is 12.7. The molecule has 1 rings (SSSR count). The second-order valence-corrected chi connectivity index (χ2v) is 7.14. The number of rotatable bonds is 6. The molecule has 1 saturated heterocycles. The maximum Gasteiger partial charge on any atom is 0.255 e. The van der Waals surface area contributed by atoms with Crippen LogP contribution in [0.2, 0.25) is 0 Å². The summed E-state index contributed by atoms with van der Waals surface area (Å²) in [6.45, 7) is 1.64. The Bertz CT molecular complexity index is 524. The van der Waals surface area contributed by atoms with Gasteiger partial charge < -0.3 is 4.90 Å². The number of halogens is 2. The first-order valence-electron chi connectivity index (χ1n) is 7.09. The van der Waals surface area contributed by atoms with Crippen LogP contribution in [0.15, 0.2) is 24.3 Å². The summed E-state index contributed by atoms with van der Waals surface area (Å²) >= 11 is 0. The van der Waals surface area contributed by atoms with Gasteiger partial charge in [-0.05, 0) is 19.8 Å². The fraction of sp³-hybridized carbons (Fsp3) is 0.643. The quantitative estimate of drug-likeness (QED) is 0.547. The number of hydrogen-bond donors (Lipinski definition) is 0. The molecule has 22 heavy (non-hydrogen) atoms. The van der Waals surface area contributed by atoms with Crippen molar-refractivity contribution in [1.82, 2.24) is 9.21 Å². The molecule has 0 aromatic rings. The Morgan fingerprint density at radius 2 is 1.91 bits per heavy atom. The van der Waals surface area contributed by atoms with E-state index >= 15 is 0 Å². The molecule has 0 unspecified atom stereocenters. The van der Waals surface area contributed by atoms with Gasteiger partial charge in [0.05, 0.1) is 12.8 Å². The van der Waals surface area contributed by atoms with Crippen molar-refractivity contribution in [3.8, 4) is 0 Å². The molecule has 0 spiro atoms. The van der Waals surface area contributed by atoms with E-state index in [-0.39, 0.29) is 19.1 Å². The van der Waals surface area contributed by atoms with E-state index in [1.807, 2.05) is 0 Å². The molecular formula is C14H22F2N2O3S. The molecule has 1 fully saturated rings. The van der Waals surface area contributed by atoms with E-state index in [4.69, 9.17) is 0 Å². The van der Waals surface area contributed by atoms with E-state index < -0.39 is 28.9 Å². The van der Waals surface area contributed by atoms with Crippen LogP contribution >= 0.6 is 0 Å². The van der Waals surface area contributed by atoms with Gasteiger partial charge in [0.25, 0.3) is 6.43 Å². The number of allylic oxidation sites excluding steroid dienone is 3. The van der Waals surface area contributed by atoms with Gasteiger partial charge in [0, 0.05) is 25.2 Å². The van der Waals surface area contributed by atoms with Gasteiger partial charge in [-0.25, -0.2) is 21.5 Å². The molecule has 0 radical (unpaired) electrons.